The Morgan fingerprint density at radius 1 is 0.789 bits per heavy atom. The van der Waals surface area contributed by atoms with Gasteiger partial charge in [0, 0.05) is 0 Å². The van der Waals surface area contributed by atoms with Gasteiger partial charge in [0.05, 0.1) is 6.66 Å². The minimum atomic E-state index is -3.93. The normalized spacial score (nSPS) is 12.6. The predicted octanol–water partition coefficient (Wildman–Crippen LogP) is 3.71. The zero-order valence-corrected chi connectivity index (χ0v) is 13.2. The second-order valence-electron chi connectivity index (χ2n) is 5.88. The maximum absolute atomic E-state index is 11.8. The van der Waals surface area contributed by atoms with Gasteiger partial charge in [-0.1, -0.05) is 0 Å². The molecule has 0 unspecified atom stereocenters. The van der Waals surface area contributed by atoms with E-state index >= 15 is 0 Å². The lowest BCUT2D eigenvalue weighted by Crippen LogP contribution is -2.26. The van der Waals surface area contributed by atoms with Crippen LogP contribution in [-0.4, -0.2) is 30.2 Å². The molecule has 0 aromatic rings. The summed E-state index contributed by atoms with van der Waals surface area (Å²) in [4.78, 5) is 22.6. The molecule has 7 nitrogen and oxygen atoms in total. The smallest absolute Gasteiger partial charge is 0.428 e. The third-order valence-corrected chi connectivity index (χ3v) is 2.22. The number of hydrogen-bond donors (Lipinski definition) is 0. The quantitative estimate of drug-likeness (QED) is 0.566. The number of hydrogen-bond acceptors (Lipinski definition) is 7. The van der Waals surface area contributed by atoms with E-state index in [9.17, 15) is 14.2 Å². The van der Waals surface area contributed by atoms with Crippen LogP contribution in [0.3, 0.4) is 0 Å². The van der Waals surface area contributed by atoms with Crippen LogP contribution in [-0.2, 0) is 23.1 Å². The Morgan fingerprint density at radius 3 is 1.26 bits per heavy atom. The van der Waals surface area contributed by atoms with Crippen molar-refractivity contribution in [2.24, 2.45) is 0 Å². The fourth-order valence-electron chi connectivity index (χ4n) is 0.827. The third-order valence-electron chi connectivity index (χ3n) is 1.26. The first kappa shape index (κ1) is 17.8. The first-order valence-electron chi connectivity index (χ1n) is 5.63. The van der Waals surface area contributed by atoms with Crippen molar-refractivity contribution in [3.05, 3.63) is 0 Å². The number of ether oxygens (including phenoxy) is 2. The zero-order chi connectivity index (χ0) is 15.5. The fraction of sp³-hybridized carbons (Fsp3) is 0.818. The molecule has 0 aliphatic carbocycles. The van der Waals surface area contributed by atoms with Crippen molar-refractivity contribution < 1.29 is 32.7 Å². The summed E-state index contributed by atoms with van der Waals surface area (Å²) < 4.78 is 30.3. The third kappa shape index (κ3) is 10.4. The molecule has 0 aromatic carbocycles. The molecule has 0 amide bonds. The van der Waals surface area contributed by atoms with E-state index in [0.717, 1.165) is 6.66 Å². The highest BCUT2D eigenvalue weighted by molar-refractivity contribution is 7.54. The molecule has 0 rings (SSSR count). The van der Waals surface area contributed by atoms with Gasteiger partial charge >= 0.3 is 19.9 Å². The van der Waals surface area contributed by atoms with E-state index in [1.807, 2.05) is 0 Å². The van der Waals surface area contributed by atoms with Gasteiger partial charge in [0.1, 0.15) is 11.2 Å². The van der Waals surface area contributed by atoms with Crippen molar-refractivity contribution in [2.75, 3.05) is 6.66 Å². The molecule has 0 heterocycles. The van der Waals surface area contributed by atoms with E-state index in [1.165, 1.54) is 0 Å². The molecule has 0 aromatic heterocycles. The van der Waals surface area contributed by atoms with E-state index in [-0.39, 0.29) is 0 Å². The fourth-order valence-corrected chi connectivity index (χ4v) is 1.48. The van der Waals surface area contributed by atoms with Crippen LogP contribution in [0.2, 0.25) is 0 Å². The van der Waals surface area contributed by atoms with E-state index in [0.29, 0.717) is 0 Å². The van der Waals surface area contributed by atoms with Crippen molar-refractivity contribution >= 4 is 19.9 Å². The van der Waals surface area contributed by atoms with Crippen molar-refractivity contribution in [3.63, 3.8) is 0 Å². The summed E-state index contributed by atoms with van der Waals surface area (Å²) in [7, 11) is -3.93. The molecule has 0 bridgehead atoms. The van der Waals surface area contributed by atoms with Crippen LogP contribution < -0.4 is 0 Å². The molecule has 0 radical (unpaired) electrons. The Labute approximate surface area is 113 Å². The number of carbonyl (C=O) groups excluding carboxylic acids is 2. The van der Waals surface area contributed by atoms with E-state index in [4.69, 9.17) is 9.47 Å². The van der Waals surface area contributed by atoms with E-state index < -0.39 is 31.1 Å². The summed E-state index contributed by atoms with van der Waals surface area (Å²) >= 11 is 0. The average Bonchev–Trinajstić information content (AvgIpc) is 1.89. The van der Waals surface area contributed by atoms with Gasteiger partial charge in [-0.15, -0.1) is 0 Å². The number of rotatable bonds is 2. The lowest BCUT2D eigenvalue weighted by atomic mass is 10.2. The Morgan fingerprint density at radius 2 is 1.05 bits per heavy atom. The van der Waals surface area contributed by atoms with Crippen LogP contribution in [0.1, 0.15) is 41.5 Å². The van der Waals surface area contributed by atoms with Gasteiger partial charge in [0.25, 0.3) is 0 Å². The Kier molecular flexibility index (Phi) is 5.44. The SMILES string of the molecule is CC(C)(C)OC(=O)OP(C)(=O)OC(=O)OC(C)(C)C. The average molecular weight is 296 g/mol. The summed E-state index contributed by atoms with van der Waals surface area (Å²) in [6.45, 7) is 10.7. The summed E-state index contributed by atoms with van der Waals surface area (Å²) in [5, 5.41) is 0. The molecule has 0 saturated heterocycles. The molecule has 0 aliphatic rings. The highest BCUT2D eigenvalue weighted by Gasteiger charge is 2.32. The lowest BCUT2D eigenvalue weighted by Gasteiger charge is -2.22. The van der Waals surface area contributed by atoms with Gasteiger partial charge in [-0.2, -0.15) is 0 Å². The van der Waals surface area contributed by atoms with Gasteiger partial charge in [-0.05, 0) is 41.5 Å². The standard InChI is InChI=1S/C11H21O7P/c1-10(2,3)15-8(12)17-19(7,14)18-9(13)16-11(4,5)6/h1-7H3. The molecule has 0 fully saturated rings. The lowest BCUT2D eigenvalue weighted by molar-refractivity contribution is 0.00781. The minimum absolute atomic E-state index is 0.803. The van der Waals surface area contributed by atoms with Crippen LogP contribution in [0.25, 0.3) is 0 Å². The number of carbonyl (C=O) groups is 2. The molecule has 0 atom stereocenters. The van der Waals surface area contributed by atoms with Crippen molar-refractivity contribution in [1.82, 2.24) is 0 Å². The van der Waals surface area contributed by atoms with Gasteiger partial charge in [0.2, 0.25) is 0 Å². The molecule has 0 saturated carbocycles. The maximum Gasteiger partial charge on any atom is 0.516 e. The van der Waals surface area contributed by atoms with Crippen LogP contribution in [0.4, 0.5) is 9.59 Å². The van der Waals surface area contributed by atoms with Crippen LogP contribution in [0.5, 0.6) is 0 Å². The molecule has 0 aliphatic heterocycles. The highest BCUT2D eigenvalue weighted by atomic mass is 31.2. The van der Waals surface area contributed by atoms with Gasteiger partial charge in [-0.25, -0.2) is 14.2 Å². The first-order valence-corrected chi connectivity index (χ1v) is 7.62. The molecule has 8 heteroatoms. The monoisotopic (exact) mass is 296 g/mol. The largest absolute Gasteiger partial charge is 0.516 e. The van der Waals surface area contributed by atoms with Crippen molar-refractivity contribution in [2.45, 2.75) is 52.7 Å². The van der Waals surface area contributed by atoms with Crippen LogP contribution in [0, 0.1) is 0 Å². The summed E-state index contributed by atoms with van der Waals surface area (Å²) in [5.41, 5.74) is -1.61. The maximum atomic E-state index is 11.8. The Bertz CT molecular complexity index is 355. The summed E-state index contributed by atoms with van der Waals surface area (Å²) in [6, 6.07) is 0. The highest BCUT2D eigenvalue weighted by Crippen LogP contribution is 2.45. The van der Waals surface area contributed by atoms with Crippen molar-refractivity contribution in [1.29, 1.82) is 0 Å². The molecule has 0 N–H and O–H groups in total. The Hall–Kier alpha value is -1.23. The van der Waals surface area contributed by atoms with Gasteiger partial charge in [-0.3, -0.25) is 0 Å². The first-order chi connectivity index (χ1) is 8.20. The summed E-state index contributed by atoms with van der Waals surface area (Å²) in [6.07, 6.45) is -2.36. The molecular formula is C11H21O7P. The summed E-state index contributed by atoms with van der Waals surface area (Å²) in [5.74, 6) is 0. The molecule has 112 valence electrons. The molecular weight excluding hydrogens is 275 g/mol. The second-order valence-corrected chi connectivity index (χ2v) is 7.79. The van der Waals surface area contributed by atoms with Crippen molar-refractivity contribution in [3.8, 4) is 0 Å². The second kappa shape index (κ2) is 5.82. The predicted molar refractivity (Wildman–Crippen MR) is 68.2 cm³/mol. The van der Waals surface area contributed by atoms with Crippen LogP contribution in [0.15, 0.2) is 0 Å². The topological polar surface area (TPSA) is 88.1 Å². The zero-order valence-electron chi connectivity index (χ0n) is 12.3. The van der Waals surface area contributed by atoms with E-state index in [1.54, 1.807) is 41.5 Å². The van der Waals surface area contributed by atoms with Gasteiger partial charge < -0.3 is 18.5 Å². The van der Waals surface area contributed by atoms with E-state index in [2.05, 4.69) is 9.05 Å². The van der Waals surface area contributed by atoms with Crippen LogP contribution >= 0.6 is 7.60 Å². The molecule has 0 spiro atoms. The molecule has 19 heavy (non-hydrogen) atoms. The minimum Gasteiger partial charge on any atom is -0.428 e. The van der Waals surface area contributed by atoms with Gasteiger partial charge in [0.15, 0.2) is 0 Å². The Balaban J connectivity index is 4.45.